The molecule has 1 aliphatic heterocycles. The molecular formula is C13H21NO. The van der Waals surface area contributed by atoms with Gasteiger partial charge in [-0.1, -0.05) is 26.3 Å². The lowest BCUT2D eigenvalue weighted by Crippen LogP contribution is -2.59. The van der Waals surface area contributed by atoms with Gasteiger partial charge in [0.05, 0.1) is 0 Å². The number of hydrogen-bond acceptors (Lipinski definition) is 2. The summed E-state index contributed by atoms with van der Waals surface area (Å²) in [5.41, 5.74) is 0.704. The molecule has 2 heteroatoms. The van der Waals surface area contributed by atoms with Crippen LogP contribution < -0.4 is 0 Å². The molecule has 84 valence electrons. The minimum absolute atomic E-state index is 0.135. The largest absolute Gasteiger partial charge is 0.298 e. The van der Waals surface area contributed by atoms with Gasteiger partial charge in [-0.05, 0) is 24.3 Å². The summed E-state index contributed by atoms with van der Waals surface area (Å²) in [6, 6.07) is 0. The van der Waals surface area contributed by atoms with E-state index in [2.05, 4.69) is 4.90 Å². The lowest BCUT2D eigenvalue weighted by Gasteiger charge is -2.56. The first-order chi connectivity index (χ1) is 7.11. The molecule has 0 radical (unpaired) electrons. The second-order valence-corrected chi connectivity index (χ2v) is 5.48. The Labute approximate surface area is 92.3 Å². The van der Waals surface area contributed by atoms with Crippen molar-refractivity contribution in [3.8, 4) is 0 Å². The Kier molecular flexibility index (Phi) is 2.96. The quantitative estimate of drug-likeness (QED) is 0.659. The van der Waals surface area contributed by atoms with Crippen molar-refractivity contribution in [1.29, 1.82) is 0 Å². The fourth-order valence-electron chi connectivity index (χ4n) is 2.53. The fourth-order valence-corrected chi connectivity index (χ4v) is 2.53. The second-order valence-electron chi connectivity index (χ2n) is 5.48. The van der Waals surface area contributed by atoms with Crippen molar-refractivity contribution in [3.05, 3.63) is 12.2 Å². The van der Waals surface area contributed by atoms with Crippen molar-refractivity contribution in [1.82, 2.24) is 4.90 Å². The van der Waals surface area contributed by atoms with Crippen LogP contribution in [-0.4, -0.2) is 30.3 Å². The molecule has 1 saturated heterocycles. The van der Waals surface area contributed by atoms with E-state index in [0.717, 1.165) is 6.54 Å². The summed E-state index contributed by atoms with van der Waals surface area (Å²) in [5, 5.41) is 0. The van der Waals surface area contributed by atoms with E-state index in [9.17, 15) is 4.79 Å². The van der Waals surface area contributed by atoms with Crippen LogP contribution in [0.2, 0.25) is 0 Å². The molecule has 0 N–H and O–H groups in total. The molecule has 0 unspecified atom stereocenters. The van der Waals surface area contributed by atoms with Crippen LogP contribution in [0.5, 0.6) is 0 Å². The Bertz CT molecular complexity index is 268. The van der Waals surface area contributed by atoms with Gasteiger partial charge in [0.2, 0.25) is 0 Å². The molecule has 2 aliphatic rings. The van der Waals surface area contributed by atoms with Gasteiger partial charge in [-0.2, -0.15) is 0 Å². The van der Waals surface area contributed by atoms with Crippen molar-refractivity contribution < 1.29 is 4.79 Å². The highest BCUT2D eigenvalue weighted by molar-refractivity contribution is 5.91. The molecular weight excluding hydrogens is 186 g/mol. The number of carbonyl (C=O) groups excluding carboxylic acids is 1. The summed E-state index contributed by atoms with van der Waals surface area (Å²) in [7, 11) is 0. The molecule has 1 saturated carbocycles. The predicted molar refractivity (Wildman–Crippen MR) is 61.7 cm³/mol. The fraction of sp³-hybridized carbons (Fsp3) is 0.769. The third-order valence-corrected chi connectivity index (χ3v) is 3.75. The van der Waals surface area contributed by atoms with E-state index in [1.54, 1.807) is 6.08 Å². The van der Waals surface area contributed by atoms with Crippen LogP contribution in [0.4, 0.5) is 0 Å². The highest BCUT2D eigenvalue weighted by atomic mass is 16.1. The summed E-state index contributed by atoms with van der Waals surface area (Å²) in [6.45, 7) is 7.36. The molecule has 0 aromatic heterocycles. The first-order valence-electron chi connectivity index (χ1n) is 6.04. The zero-order valence-corrected chi connectivity index (χ0v) is 9.83. The molecule has 2 nitrogen and oxygen atoms in total. The average molecular weight is 207 g/mol. The molecule has 0 aromatic rings. The Morgan fingerprint density at radius 2 is 2.07 bits per heavy atom. The highest BCUT2D eigenvalue weighted by Gasteiger charge is 2.46. The van der Waals surface area contributed by atoms with Gasteiger partial charge in [-0.25, -0.2) is 0 Å². The van der Waals surface area contributed by atoms with Crippen LogP contribution >= 0.6 is 0 Å². The maximum atomic E-state index is 11.3. The smallest absolute Gasteiger partial charge is 0.157 e. The molecule has 15 heavy (non-hydrogen) atoms. The SMILES string of the molecule is CC(C)C(=O)/C=C/CN1CC2(CCC2)C1. The summed E-state index contributed by atoms with van der Waals surface area (Å²) in [4.78, 5) is 13.8. The number of rotatable bonds is 4. The number of allylic oxidation sites excluding steroid dienone is 1. The van der Waals surface area contributed by atoms with Gasteiger partial charge in [0.25, 0.3) is 0 Å². The molecule has 1 aliphatic carbocycles. The van der Waals surface area contributed by atoms with Crippen LogP contribution in [0, 0.1) is 11.3 Å². The minimum Gasteiger partial charge on any atom is -0.298 e. The molecule has 2 fully saturated rings. The van der Waals surface area contributed by atoms with E-state index < -0.39 is 0 Å². The van der Waals surface area contributed by atoms with Crippen LogP contribution in [0.25, 0.3) is 0 Å². The highest BCUT2D eigenvalue weighted by Crippen LogP contribution is 2.47. The summed E-state index contributed by atoms with van der Waals surface area (Å²) >= 11 is 0. The van der Waals surface area contributed by atoms with Crippen LogP contribution in [0.3, 0.4) is 0 Å². The Hall–Kier alpha value is -0.630. The molecule has 0 amide bonds. The lowest BCUT2D eigenvalue weighted by atomic mass is 9.63. The monoisotopic (exact) mass is 207 g/mol. The van der Waals surface area contributed by atoms with Crippen molar-refractivity contribution in [2.75, 3.05) is 19.6 Å². The van der Waals surface area contributed by atoms with Crippen LogP contribution in [0.15, 0.2) is 12.2 Å². The Morgan fingerprint density at radius 1 is 1.40 bits per heavy atom. The van der Waals surface area contributed by atoms with E-state index in [-0.39, 0.29) is 11.7 Å². The summed E-state index contributed by atoms with van der Waals surface area (Å²) in [5.74, 6) is 0.379. The maximum absolute atomic E-state index is 11.3. The normalized spacial score (nSPS) is 24.5. The predicted octanol–water partition coefficient (Wildman–Crippen LogP) is 2.25. The number of nitrogens with zero attached hydrogens (tertiary/aromatic N) is 1. The van der Waals surface area contributed by atoms with E-state index in [1.807, 2.05) is 19.9 Å². The van der Waals surface area contributed by atoms with Gasteiger partial charge < -0.3 is 0 Å². The van der Waals surface area contributed by atoms with Gasteiger partial charge in [0, 0.05) is 25.6 Å². The van der Waals surface area contributed by atoms with E-state index in [1.165, 1.54) is 32.4 Å². The Balaban J connectivity index is 1.65. The maximum Gasteiger partial charge on any atom is 0.157 e. The lowest BCUT2D eigenvalue weighted by molar-refractivity contribution is -0.117. The van der Waals surface area contributed by atoms with Gasteiger partial charge in [-0.3, -0.25) is 9.69 Å². The summed E-state index contributed by atoms with van der Waals surface area (Å²) < 4.78 is 0. The number of likely N-dealkylation sites (tertiary alicyclic amines) is 1. The van der Waals surface area contributed by atoms with Crippen LogP contribution in [-0.2, 0) is 4.79 Å². The second kappa shape index (κ2) is 4.09. The van der Waals surface area contributed by atoms with Gasteiger partial charge in [0.15, 0.2) is 5.78 Å². The first-order valence-corrected chi connectivity index (χ1v) is 6.04. The molecule has 1 heterocycles. The van der Waals surface area contributed by atoms with Crippen molar-refractivity contribution >= 4 is 5.78 Å². The zero-order valence-electron chi connectivity index (χ0n) is 9.83. The third-order valence-electron chi connectivity index (χ3n) is 3.75. The number of ketones is 1. The standard InChI is InChI=1S/C13H21NO/c1-11(2)12(15)5-3-8-14-9-13(10-14)6-4-7-13/h3,5,11H,4,6-10H2,1-2H3/b5-3+. The van der Waals surface area contributed by atoms with E-state index in [4.69, 9.17) is 0 Å². The molecule has 0 bridgehead atoms. The van der Waals surface area contributed by atoms with Gasteiger partial charge in [0.1, 0.15) is 0 Å². The Morgan fingerprint density at radius 3 is 2.53 bits per heavy atom. The van der Waals surface area contributed by atoms with Gasteiger partial charge >= 0.3 is 0 Å². The number of hydrogen-bond donors (Lipinski definition) is 0. The average Bonchev–Trinajstić information content (AvgIpc) is 2.05. The molecule has 0 atom stereocenters. The minimum atomic E-state index is 0.135. The molecule has 0 aromatic carbocycles. The number of carbonyl (C=O) groups is 1. The van der Waals surface area contributed by atoms with Crippen molar-refractivity contribution in [2.24, 2.45) is 11.3 Å². The zero-order chi connectivity index (χ0) is 10.9. The van der Waals surface area contributed by atoms with Crippen LogP contribution in [0.1, 0.15) is 33.1 Å². The van der Waals surface area contributed by atoms with E-state index >= 15 is 0 Å². The van der Waals surface area contributed by atoms with E-state index in [0.29, 0.717) is 5.41 Å². The molecule has 2 rings (SSSR count). The van der Waals surface area contributed by atoms with Crippen molar-refractivity contribution in [2.45, 2.75) is 33.1 Å². The molecule has 1 spiro atoms. The third kappa shape index (κ3) is 2.31. The first kappa shape index (κ1) is 10.9. The van der Waals surface area contributed by atoms with Gasteiger partial charge in [-0.15, -0.1) is 0 Å². The topological polar surface area (TPSA) is 20.3 Å². The summed E-state index contributed by atoms with van der Waals surface area (Å²) in [6.07, 6.45) is 8.05. The van der Waals surface area contributed by atoms with Crippen molar-refractivity contribution in [3.63, 3.8) is 0 Å².